The Hall–Kier alpha value is -1.78. The van der Waals surface area contributed by atoms with Crippen molar-refractivity contribution in [3.05, 3.63) is 35.1 Å². The van der Waals surface area contributed by atoms with E-state index in [0.29, 0.717) is 12.5 Å². The average molecular weight is 319 g/mol. The summed E-state index contributed by atoms with van der Waals surface area (Å²) < 4.78 is 56.3. The molecule has 3 nitrogen and oxygen atoms in total. The average Bonchev–Trinajstić information content (AvgIpc) is 2.44. The van der Waals surface area contributed by atoms with Crippen molar-refractivity contribution in [3.63, 3.8) is 0 Å². The van der Waals surface area contributed by atoms with Crippen molar-refractivity contribution in [1.29, 1.82) is 0 Å². The highest BCUT2D eigenvalue weighted by Crippen LogP contribution is 2.30. The van der Waals surface area contributed by atoms with Gasteiger partial charge in [0.2, 0.25) is 0 Å². The van der Waals surface area contributed by atoms with Crippen LogP contribution < -0.4 is 5.32 Å². The third-order valence-electron chi connectivity index (χ3n) is 3.03. The second-order valence-electron chi connectivity index (χ2n) is 4.83. The lowest BCUT2D eigenvalue weighted by atomic mass is 10.1. The lowest BCUT2D eigenvalue weighted by molar-refractivity contribution is -0.137. The van der Waals surface area contributed by atoms with Gasteiger partial charge in [-0.1, -0.05) is 12.5 Å². The van der Waals surface area contributed by atoms with E-state index in [2.05, 4.69) is 11.4 Å². The zero-order valence-electron chi connectivity index (χ0n) is 12.0. The van der Waals surface area contributed by atoms with Crippen LogP contribution in [0.4, 0.5) is 17.6 Å². The maximum Gasteiger partial charge on any atom is 0.416 e. The Bertz CT molecular complexity index is 525. The third-order valence-corrected chi connectivity index (χ3v) is 3.03. The van der Waals surface area contributed by atoms with Crippen LogP contribution in [-0.4, -0.2) is 23.9 Å². The van der Waals surface area contributed by atoms with E-state index in [1.165, 1.54) is 0 Å². The predicted octanol–water partition coefficient (Wildman–Crippen LogP) is 2.68. The van der Waals surface area contributed by atoms with Crippen LogP contribution in [0.25, 0.3) is 0 Å². The summed E-state index contributed by atoms with van der Waals surface area (Å²) >= 11 is 0. The third kappa shape index (κ3) is 5.54. The molecule has 0 amide bonds. The summed E-state index contributed by atoms with van der Waals surface area (Å²) in [5, 5.41) is 11.7. The molecule has 0 unspecified atom stereocenters. The summed E-state index contributed by atoms with van der Waals surface area (Å²) in [6.07, 6.45) is 0.496. The molecule has 0 aromatic heterocycles. The molecular weight excluding hydrogens is 302 g/mol. The molecule has 122 valence electrons. The Morgan fingerprint density at radius 1 is 1.41 bits per heavy atom. The van der Waals surface area contributed by atoms with Gasteiger partial charge in [-0.15, -0.1) is 0 Å². The first-order chi connectivity index (χ1) is 10.3. The van der Waals surface area contributed by atoms with Crippen molar-refractivity contribution in [3.8, 4) is 12.5 Å². The first-order valence-electron chi connectivity index (χ1n) is 6.57. The molecule has 2 atom stereocenters. The molecule has 0 saturated heterocycles. The molecular formula is C15H17F4NO2. The zero-order chi connectivity index (χ0) is 16.8. The number of rotatable bonds is 7. The standard InChI is InChI=1S/C15H17F4NO2/c1-3-20-13(8-21)6-10(2)22-9-11-4-5-12(7-14(11)16)15(17,18)19/h1,4-5,7,10,13,20-21H,6,8-9H2,2H3/t10-,13+/m1/s1. The quantitative estimate of drug-likeness (QED) is 0.461. The summed E-state index contributed by atoms with van der Waals surface area (Å²) in [5.74, 6) is -0.970. The van der Waals surface area contributed by atoms with Crippen LogP contribution in [0.1, 0.15) is 24.5 Å². The number of hydrogen-bond acceptors (Lipinski definition) is 3. The number of aliphatic hydroxyl groups is 1. The lowest BCUT2D eigenvalue weighted by Crippen LogP contribution is -2.32. The van der Waals surface area contributed by atoms with Crippen LogP contribution in [-0.2, 0) is 17.5 Å². The van der Waals surface area contributed by atoms with Gasteiger partial charge in [0.1, 0.15) is 5.82 Å². The summed E-state index contributed by atoms with van der Waals surface area (Å²) in [6, 6.07) is 4.13. The van der Waals surface area contributed by atoms with Gasteiger partial charge in [0.15, 0.2) is 0 Å². The SMILES string of the molecule is C#CN[C@H](CO)C[C@@H](C)OCc1ccc(C(F)(F)F)cc1F. The Morgan fingerprint density at radius 3 is 2.59 bits per heavy atom. The summed E-state index contributed by atoms with van der Waals surface area (Å²) in [4.78, 5) is 0. The van der Waals surface area contributed by atoms with E-state index >= 15 is 0 Å². The molecule has 0 heterocycles. The summed E-state index contributed by atoms with van der Waals surface area (Å²) in [7, 11) is 0. The summed E-state index contributed by atoms with van der Waals surface area (Å²) in [6.45, 7) is 1.34. The topological polar surface area (TPSA) is 41.5 Å². The van der Waals surface area contributed by atoms with Gasteiger partial charge in [0.25, 0.3) is 0 Å². The van der Waals surface area contributed by atoms with E-state index in [9.17, 15) is 17.6 Å². The van der Waals surface area contributed by atoms with E-state index < -0.39 is 17.6 Å². The Balaban J connectivity index is 2.59. The minimum atomic E-state index is -4.58. The minimum Gasteiger partial charge on any atom is -0.394 e. The predicted molar refractivity (Wildman–Crippen MR) is 73.1 cm³/mol. The number of halogens is 4. The lowest BCUT2D eigenvalue weighted by Gasteiger charge is -2.19. The van der Waals surface area contributed by atoms with Gasteiger partial charge in [-0.25, -0.2) is 4.39 Å². The maximum absolute atomic E-state index is 13.6. The monoisotopic (exact) mass is 319 g/mol. The van der Waals surface area contributed by atoms with Crippen molar-refractivity contribution < 1.29 is 27.4 Å². The molecule has 0 spiro atoms. The van der Waals surface area contributed by atoms with E-state index in [1.807, 2.05) is 0 Å². The number of benzene rings is 1. The first-order valence-corrected chi connectivity index (χ1v) is 6.57. The van der Waals surface area contributed by atoms with Gasteiger partial charge < -0.3 is 15.2 Å². The highest BCUT2D eigenvalue weighted by Gasteiger charge is 2.31. The molecule has 0 aliphatic carbocycles. The van der Waals surface area contributed by atoms with Crippen LogP contribution in [0.5, 0.6) is 0 Å². The molecule has 2 N–H and O–H groups in total. The highest BCUT2D eigenvalue weighted by molar-refractivity contribution is 5.25. The van der Waals surface area contributed by atoms with Crippen LogP contribution in [0, 0.1) is 18.3 Å². The molecule has 1 aromatic carbocycles. The smallest absolute Gasteiger partial charge is 0.394 e. The fourth-order valence-corrected chi connectivity index (χ4v) is 1.84. The number of aliphatic hydroxyl groups excluding tert-OH is 1. The van der Waals surface area contributed by atoms with Crippen molar-refractivity contribution in [2.24, 2.45) is 0 Å². The molecule has 0 radical (unpaired) electrons. The molecule has 1 aromatic rings. The number of hydrogen-bond donors (Lipinski definition) is 2. The zero-order valence-corrected chi connectivity index (χ0v) is 12.0. The van der Waals surface area contributed by atoms with Crippen LogP contribution in [0.15, 0.2) is 18.2 Å². The molecule has 0 fully saturated rings. The molecule has 0 bridgehead atoms. The van der Waals surface area contributed by atoms with E-state index in [-0.39, 0.29) is 30.9 Å². The second kappa shape index (κ2) is 8.01. The van der Waals surface area contributed by atoms with Gasteiger partial charge in [-0.2, -0.15) is 13.2 Å². The van der Waals surface area contributed by atoms with Crippen LogP contribution in [0.3, 0.4) is 0 Å². The van der Waals surface area contributed by atoms with Gasteiger partial charge in [-0.3, -0.25) is 0 Å². The van der Waals surface area contributed by atoms with E-state index in [4.69, 9.17) is 16.3 Å². The number of nitrogens with one attached hydrogen (secondary N) is 1. The Kier molecular flexibility index (Phi) is 6.65. The number of terminal acetylenes is 1. The number of alkyl halides is 3. The molecule has 0 saturated carbocycles. The summed E-state index contributed by atoms with van der Waals surface area (Å²) in [5.41, 5.74) is -1.01. The van der Waals surface area contributed by atoms with E-state index in [1.54, 1.807) is 6.92 Å². The van der Waals surface area contributed by atoms with Gasteiger partial charge in [0.05, 0.1) is 30.9 Å². The maximum atomic E-state index is 13.6. The Morgan fingerprint density at radius 2 is 2.09 bits per heavy atom. The van der Waals surface area contributed by atoms with Crippen LogP contribution >= 0.6 is 0 Å². The second-order valence-corrected chi connectivity index (χ2v) is 4.83. The van der Waals surface area contributed by atoms with Crippen molar-refractivity contribution in [2.75, 3.05) is 6.61 Å². The fraction of sp³-hybridized carbons (Fsp3) is 0.467. The van der Waals surface area contributed by atoms with Gasteiger partial charge in [-0.05, 0) is 25.5 Å². The highest BCUT2D eigenvalue weighted by atomic mass is 19.4. The first kappa shape index (κ1) is 18.3. The van der Waals surface area contributed by atoms with Crippen LogP contribution in [0.2, 0.25) is 0 Å². The molecule has 0 aliphatic heterocycles. The Labute approximate surface area is 126 Å². The molecule has 1 rings (SSSR count). The van der Waals surface area contributed by atoms with E-state index in [0.717, 1.165) is 12.1 Å². The normalized spacial score (nSPS) is 14.2. The fourth-order valence-electron chi connectivity index (χ4n) is 1.84. The number of ether oxygens (including phenoxy) is 1. The molecule has 0 aliphatic rings. The van der Waals surface area contributed by atoms with Gasteiger partial charge in [0, 0.05) is 11.6 Å². The minimum absolute atomic E-state index is 0.0327. The molecule has 7 heteroatoms. The van der Waals surface area contributed by atoms with Gasteiger partial charge >= 0.3 is 6.18 Å². The van der Waals surface area contributed by atoms with Crippen molar-refractivity contribution in [1.82, 2.24) is 5.32 Å². The largest absolute Gasteiger partial charge is 0.416 e. The molecule has 22 heavy (non-hydrogen) atoms. The van der Waals surface area contributed by atoms with Crippen molar-refractivity contribution in [2.45, 2.75) is 38.3 Å². The van der Waals surface area contributed by atoms with Crippen molar-refractivity contribution >= 4 is 0 Å².